The minimum absolute atomic E-state index is 0.0884. The predicted octanol–water partition coefficient (Wildman–Crippen LogP) is 2.30. The SMILES string of the molecule is COc1ccc(NC(=O)CN(C)C(=O)CCN2C(=O)[C@@H](C)Oc3ccccc32)cc1. The number of carbonyl (C=O) groups excluding carboxylic acids is 3. The molecule has 0 saturated heterocycles. The third-order valence-electron chi connectivity index (χ3n) is 4.80. The highest BCUT2D eigenvalue weighted by Crippen LogP contribution is 2.33. The van der Waals surface area contributed by atoms with Gasteiger partial charge in [-0.1, -0.05) is 12.1 Å². The maximum Gasteiger partial charge on any atom is 0.267 e. The van der Waals surface area contributed by atoms with Gasteiger partial charge in [0.15, 0.2) is 6.10 Å². The summed E-state index contributed by atoms with van der Waals surface area (Å²) in [5.74, 6) is 0.571. The molecule has 0 saturated carbocycles. The highest BCUT2D eigenvalue weighted by molar-refractivity contribution is 6.00. The maximum absolute atomic E-state index is 12.5. The van der Waals surface area contributed by atoms with Crippen LogP contribution >= 0.6 is 0 Å². The molecule has 1 atom stereocenters. The average Bonchev–Trinajstić information content (AvgIpc) is 2.74. The van der Waals surface area contributed by atoms with Crippen molar-refractivity contribution in [1.82, 2.24) is 4.90 Å². The Kier molecular flexibility index (Phi) is 6.56. The van der Waals surface area contributed by atoms with Crippen LogP contribution in [0.25, 0.3) is 0 Å². The summed E-state index contributed by atoms with van der Waals surface area (Å²) in [5, 5.41) is 2.74. The number of nitrogens with one attached hydrogen (secondary N) is 1. The summed E-state index contributed by atoms with van der Waals surface area (Å²) >= 11 is 0. The lowest BCUT2D eigenvalue weighted by molar-refractivity contribution is -0.133. The maximum atomic E-state index is 12.5. The minimum atomic E-state index is -0.608. The van der Waals surface area contributed by atoms with Crippen LogP contribution in [0.4, 0.5) is 11.4 Å². The molecule has 8 heteroatoms. The first-order valence-electron chi connectivity index (χ1n) is 9.64. The van der Waals surface area contributed by atoms with Crippen molar-refractivity contribution < 1.29 is 23.9 Å². The van der Waals surface area contributed by atoms with Crippen LogP contribution in [-0.2, 0) is 14.4 Å². The van der Waals surface area contributed by atoms with E-state index < -0.39 is 6.10 Å². The molecule has 2 aromatic rings. The first-order valence-corrected chi connectivity index (χ1v) is 9.64. The van der Waals surface area contributed by atoms with E-state index in [0.717, 1.165) is 0 Å². The van der Waals surface area contributed by atoms with Crippen LogP contribution in [0.2, 0.25) is 0 Å². The van der Waals surface area contributed by atoms with E-state index >= 15 is 0 Å². The Morgan fingerprint density at radius 3 is 2.57 bits per heavy atom. The van der Waals surface area contributed by atoms with Gasteiger partial charge < -0.3 is 24.6 Å². The van der Waals surface area contributed by atoms with Crippen molar-refractivity contribution in [2.45, 2.75) is 19.4 Å². The first kappa shape index (κ1) is 21.2. The van der Waals surface area contributed by atoms with E-state index in [2.05, 4.69) is 5.32 Å². The van der Waals surface area contributed by atoms with Crippen LogP contribution in [0.5, 0.6) is 11.5 Å². The number of amides is 3. The van der Waals surface area contributed by atoms with E-state index in [1.807, 2.05) is 12.1 Å². The highest BCUT2D eigenvalue weighted by atomic mass is 16.5. The number of ether oxygens (including phenoxy) is 2. The summed E-state index contributed by atoms with van der Waals surface area (Å²) in [6.45, 7) is 1.81. The van der Waals surface area contributed by atoms with Gasteiger partial charge in [0.2, 0.25) is 11.8 Å². The molecule has 1 aliphatic rings. The Morgan fingerprint density at radius 1 is 1.17 bits per heavy atom. The molecule has 8 nitrogen and oxygen atoms in total. The molecule has 0 unspecified atom stereocenters. The zero-order valence-electron chi connectivity index (χ0n) is 17.3. The van der Waals surface area contributed by atoms with E-state index in [0.29, 0.717) is 22.9 Å². The number of hydrogen-bond acceptors (Lipinski definition) is 5. The van der Waals surface area contributed by atoms with Gasteiger partial charge in [-0.15, -0.1) is 0 Å². The molecule has 0 aromatic heterocycles. The van der Waals surface area contributed by atoms with Crippen LogP contribution in [0.1, 0.15) is 13.3 Å². The van der Waals surface area contributed by atoms with Gasteiger partial charge in [0.05, 0.1) is 19.3 Å². The summed E-state index contributed by atoms with van der Waals surface area (Å²) < 4.78 is 10.7. The van der Waals surface area contributed by atoms with Crippen LogP contribution in [0, 0.1) is 0 Å². The number of fused-ring (bicyclic) bond motifs is 1. The first-order chi connectivity index (χ1) is 14.4. The average molecular weight is 411 g/mol. The predicted molar refractivity (Wildman–Crippen MR) is 113 cm³/mol. The summed E-state index contributed by atoms with van der Waals surface area (Å²) in [6.07, 6.45) is -0.512. The monoisotopic (exact) mass is 411 g/mol. The van der Waals surface area contributed by atoms with Crippen molar-refractivity contribution in [3.63, 3.8) is 0 Å². The third-order valence-corrected chi connectivity index (χ3v) is 4.80. The number of nitrogens with zero attached hydrogens (tertiary/aromatic N) is 2. The summed E-state index contributed by atoms with van der Waals surface area (Å²) in [7, 11) is 3.13. The molecule has 0 fully saturated rings. The fraction of sp³-hybridized carbons (Fsp3) is 0.318. The van der Waals surface area contributed by atoms with Gasteiger partial charge in [-0.3, -0.25) is 14.4 Å². The van der Waals surface area contributed by atoms with Crippen LogP contribution < -0.4 is 19.7 Å². The molecule has 3 amide bonds. The normalized spacial score (nSPS) is 15.1. The molecular formula is C22H25N3O5. The van der Waals surface area contributed by atoms with E-state index in [4.69, 9.17) is 9.47 Å². The standard InChI is InChI=1S/C22H25N3O5/c1-15-22(28)25(18-6-4-5-7-19(18)30-15)13-12-21(27)24(2)14-20(26)23-16-8-10-17(29-3)11-9-16/h4-11,15H,12-14H2,1-3H3,(H,23,26)/t15-/m1/s1. The molecule has 0 spiro atoms. The largest absolute Gasteiger partial charge is 0.497 e. The van der Waals surface area contributed by atoms with Gasteiger partial charge in [-0.25, -0.2) is 0 Å². The number of para-hydroxylation sites is 2. The van der Waals surface area contributed by atoms with Crippen molar-refractivity contribution in [2.75, 3.05) is 37.5 Å². The van der Waals surface area contributed by atoms with Crippen LogP contribution in [-0.4, -0.2) is 56.0 Å². The number of benzene rings is 2. The van der Waals surface area contributed by atoms with Crippen molar-refractivity contribution in [3.05, 3.63) is 48.5 Å². The molecule has 158 valence electrons. The quantitative estimate of drug-likeness (QED) is 0.755. The van der Waals surface area contributed by atoms with Gasteiger partial charge in [0.25, 0.3) is 5.91 Å². The van der Waals surface area contributed by atoms with Crippen molar-refractivity contribution in [3.8, 4) is 11.5 Å². The van der Waals surface area contributed by atoms with Gasteiger partial charge in [-0.2, -0.15) is 0 Å². The molecule has 30 heavy (non-hydrogen) atoms. The molecule has 3 rings (SSSR count). The van der Waals surface area contributed by atoms with Gasteiger partial charge in [0, 0.05) is 25.7 Å². The number of anilines is 2. The molecule has 0 bridgehead atoms. The summed E-state index contributed by atoms with van der Waals surface area (Å²) in [5.41, 5.74) is 1.26. The summed E-state index contributed by atoms with van der Waals surface area (Å²) in [6, 6.07) is 14.2. The molecule has 1 heterocycles. The minimum Gasteiger partial charge on any atom is -0.497 e. The molecule has 0 aliphatic carbocycles. The van der Waals surface area contributed by atoms with E-state index in [-0.39, 0.29) is 37.2 Å². The Bertz CT molecular complexity index is 929. The molecule has 1 aliphatic heterocycles. The lowest BCUT2D eigenvalue weighted by Gasteiger charge is -2.33. The molecular weight excluding hydrogens is 386 g/mol. The Labute approximate surface area is 175 Å². The third kappa shape index (κ3) is 4.89. The lowest BCUT2D eigenvalue weighted by atomic mass is 10.1. The van der Waals surface area contributed by atoms with Crippen molar-refractivity contribution in [1.29, 1.82) is 0 Å². The second-order valence-corrected chi connectivity index (χ2v) is 6.99. The molecule has 0 radical (unpaired) electrons. The number of likely N-dealkylation sites (N-methyl/N-ethyl adjacent to an activating group) is 1. The number of rotatable bonds is 7. The number of hydrogen-bond donors (Lipinski definition) is 1. The smallest absolute Gasteiger partial charge is 0.267 e. The second-order valence-electron chi connectivity index (χ2n) is 6.99. The number of methoxy groups -OCH3 is 1. The topological polar surface area (TPSA) is 88.2 Å². The Hall–Kier alpha value is -3.55. The zero-order chi connectivity index (χ0) is 21.7. The Morgan fingerprint density at radius 2 is 1.87 bits per heavy atom. The van der Waals surface area contributed by atoms with E-state index in [9.17, 15) is 14.4 Å². The molecule has 1 N–H and O–H groups in total. The van der Waals surface area contributed by atoms with Crippen LogP contribution in [0.3, 0.4) is 0 Å². The fourth-order valence-corrected chi connectivity index (χ4v) is 3.17. The lowest BCUT2D eigenvalue weighted by Crippen LogP contribution is -2.46. The van der Waals surface area contributed by atoms with Gasteiger partial charge >= 0.3 is 0 Å². The molecule has 2 aromatic carbocycles. The highest BCUT2D eigenvalue weighted by Gasteiger charge is 2.31. The van der Waals surface area contributed by atoms with Crippen molar-refractivity contribution >= 4 is 29.1 Å². The zero-order valence-corrected chi connectivity index (χ0v) is 17.3. The van der Waals surface area contributed by atoms with Crippen LogP contribution in [0.15, 0.2) is 48.5 Å². The van der Waals surface area contributed by atoms with Crippen molar-refractivity contribution in [2.24, 2.45) is 0 Å². The second kappa shape index (κ2) is 9.30. The summed E-state index contributed by atoms with van der Waals surface area (Å²) in [4.78, 5) is 40.2. The van der Waals surface area contributed by atoms with E-state index in [1.165, 1.54) is 4.90 Å². The van der Waals surface area contributed by atoms with E-state index in [1.54, 1.807) is 62.4 Å². The number of carbonyl (C=O) groups is 3. The van der Waals surface area contributed by atoms with Gasteiger partial charge in [0.1, 0.15) is 11.5 Å². The Balaban J connectivity index is 1.54. The fourth-order valence-electron chi connectivity index (χ4n) is 3.17. The van der Waals surface area contributed by atoms with Gasteiger partial charge in [-0.05, 0) is 43.3 Å².